The van der Waals surface area contributed by atoms with E-state index in [9.17, 15) is 8.78 Å². The topological polar surface area (TPSA) is 75.9 Å². The molecule has 5 nitrogen and oxygen atoms in total. The fourth-order valence-corrected chi connectivity index (χ4v) is 2.77. The lowest BCUT2D eigenvalue weighted by atomic mass is 10.1. The third kappa shape index (κ3) is 3.35. The van der Waals surface area contributed by atoms with Crippen molar-refractivity contribution in [1.82, 2.24) is 9.97 Å². The molecule has 0 spiro atoms. The molecule has 4 aromatic rings. The van der Waals surface area contributed by atoms with Crippen LogP contribution in [0.5, 0.6) is 0 Å². The summed E-state index contributed by atoms with van der Waals surface area (Å²) in [6.07, 6.45) is 1.34. The second kappa shape index (κ2) is 6.87. The van der Waals surface area contributed by atoms with Crippen molar-refractivity contribution in [3.8, 4) is 0 Å². The quantitative estimate of drug-likeness (QED) is 0.477. The molecule has 0 atom stereocenters. The van der Waals surface area contributed by atoms with Crippen LogP contribution in [0.3, 0.4) is 0 Å². The van der Waals surface area contributed by atoms with Crippen LogP contribution in [-0.2, 0) is 0 Å². The first-order valence-electron chi connectivity index (χ1n) is 8.19. The second-order valence-corrected chi connectivity index (χ2v) is 5.89. The highest BCUT2D eigenvalue weighted by atomic mass is 19.2. The highest BCUT2D eigenvalue weighted by Crippen LogP contribution is 2.31. The van der Waals surface area contributed by atoms with Crippen LogP contribution in [0.1, 0.15) is 0 Å². The highest BCUT2D eigenvalue weighted by Gasteiger charge is 2.11. The van der Waals surface area contributed by atoms with Gasteiger partial charge in [-0.1, -0.05) is 36.4 Å². The van der Waals surface area contributed by atoms with E-state index in [4.69, 9.17) is 5.73 Å². The van der Waals surface area contributed by atoms with Gasteiger partial charge in [-0.15, -0.1) is 0 Å². The van der Waals surface area contributed by atoms with Crippen LogP contribution in [-0.4, -0.2) is 9.97 Å². The number of nitrogen functional groups attached to an aromatic ring is 1. The van der Waals surface area contributed by atoms with E-state index in [1.165, 1.54) is 12.4 Å². The van der Waals surface area contributed by atoms with Crippen LogP contribution in [0.4, 0.5) is 37.5 Å². The van der Waals surface area contributed by atoms with E-state index < -0.39 is 11.6 Å². The molecule has 4 N–H and O–H groups in total. The minimum absolute atomic E-state index is 0.259. The monoisotopic (exact) mass is 363 g/mol. The van der Waals surface area contributed by atoms with E-state index in [0.29, 0.717) is 17.3 Å². The van der Waals surface area contributed by atoms with Gasteiger partial charge in [-0.05, 0) is 23.6 Å². The van der Waals surface area contributed by atoms with Crippen molar-refractivity contribution in [2.75, 3.05) is 16.4 Å². The van der Waals surface area contributed by atoms with E-state index in [1.54, 1.807) is 0 Å². The molecule has 0 unspecified atom stereocenters. The Bertz CT molecular complexity index is 1130. The summed E-state index contributed by atoms with van der Waals surface area (Å²) in [5.41, 5.74) is 7.61. The summed E-state index contributed by atoms with van der Waals surface area (Å²) < 4.78 is 26.5. The molecule has 1 aromatic heterocycles. The molecule has 4 rings (SSSR count). The first-order valence-corrected chi connectivity index (χ1v) is 8.19. The Balaban J connectivity index is 1.66. The lowest BCUT2D eigenvalue weighted by Crippen LogP contribution is -2.05. The standard InChI is InChI=1S/C20H15F2N5/c21-15-9-8-13(10-16(15)22)26-19-18(23)20(25-11-24-19)27-17-7-3-5-12-4-1-2-6-14(12)17/h1-11H,23H2,(H2,24,25,26,27). The van der Waals surface area contributed by atoms with Crippen LogP contribution in [0.15, 0.2) is 67.0 Å². The summed E-state index contributed by atoms with van der Waals surface area (Å²) in [5.74, 6) is -1.18. The number of anilines is 5. The average Bonchev–Trinajstić information content (AvgIpc) is 2.68. The zero-order valence-electron chi connectivity index (χ0n) is 14.1. The van der Waals surface area contributed by atoms with Gasteiger partial charge in [-0.2, -0.15) is 0 Å². The predicted octanol–water partition coefficient (Wildman–Crippen LogP) is 4.98. The second-order valence-electron chi connectivity index (χ2n) is 5.89. The number of nitrogens with two attached hydrogens (primary N) is 1. The number of hydrogen-bond acceptors (Lipinski definition) is 5. The Hall–Kier alpha value is -3.74. The molecule has 0 radical (unpaired) electrons. The average molecular weight is 363 g/mol. The van der Waals surface area contributed by atoms with Gasteiger partial charge in [0.15, 0.2) is 23.3 Å². The summed E-state index contributed by atoms with van der Waals surface area (Å²) in [4.78, 5) is 8.28. The van der Waals surface area contributed by atoms with Gasteiger partial charge < -0.3 is 16.4 Å². The summed E-state index contributed by atoms with van der Waals surface area (Å²) >= 11 is 0. The van der Waals surface area contributed by atoms with Crippen LogP contribution in [0.2, 0.25) is 0 Å². The molecule has 0 fully saturated rings. The van der Waals surface area contributed by atoms with E-state index >= 15 is 0 Å². The first kappa shape index (κ1) is 16.7. The molecule has 7 heteroatoms. The number of hydrogen-bond donors (Lipinski definition) is 3. The van der Waals surface area contributed by atoms with E-state index in [-0.39, 0.29) is 5.69 Å². The lowest BCUT2D eigenvalue weighted by Gasteiger charge is -2.14. The zero-order valence-corrected chi connectivity index (χ0v) is 14.1. The van der Waals surface area contributed by atoms with Gasteiger partial charge in [-0.3, -0.25) is 0 Å². The molecule has 0 aliphatic heterocycles. The van der Waals surface area contributed by atoms with E-state index in [0.717, 1.165) is 28.6 Å². The number of halogens is 2. The number of fused-ring (bicyclic) bond motifs is 1. The number of nitrogens with zero attached hydrogens (tertiary/aromatic N) is 2. The molecule has 134 valence electrons. The molecule has 27 heavy (non-hydrogen) atoms. The number of aromatic nitrogens is 2. The van der Waals surface area contributed by atoms with Crippen molar-refractivity contribution in [3.63, 3.8) is 0 Å². The number of rotatable bonds is 4. The lowest BCUT2D eigenvalue weighted by molar-refractivity contribution is 0.509. The van der Waals surface area contributed by atoms with Gasteiger partial charge in [0.2, 0.25) is 0 Å². The smallest absolute Gasteiger partial charge is 0.160 e. The SMILES string of the molecule is Nc1c(Nc2ccc(F)c(F)c2)ncnc1Nc1cccc2ccccc12. The van der Waals surface area contributed by atoms with Gasteiger partial charge >= 0.3 is 0 Å². The number of benzene rings is 3. The van der Waals surface area contributed by atoms with Gasteiger partial charge in [-0.25, -0.2) is 18.7 Å². The molecule has 0 aliphatic carbocycles. The van der Waals surface area contributed by atoms with Crippen LogP contribution < -0.4 is 16.4 Å². The molecule has 0 saturated heterocycles. The maximum Gasteiger partial charge on any atom is 0.160 e. The first-order chi connectivity index (χ1) is 13.1. The fraction of sp³-hybridized carbons (Fsp3) is 0. The van der Waals surface area contributed by atoms with Crippen molar-refractivity contribution < 1.29 is 8.78 Å². The van der Waals surface area contributed by atoms with Crippen molar-refractivity contribution >= 4 is 39.5 Å². The number of nitrogens with one attached hydrogen (secondary N) is 2. The van der Waals surface area contributed by atoms with Gasteiger partial charge in [0, 0.05) is 22.8 Å². The summed E-state index contributed by atoms with van der Waals surface area (Å²) in [6.45, 7) is 0. The Morgan fingerprint density at radius 1 is 0.778 bits per heavy atom. The molecule has 3 aromatic carbocycles. The maximum absolute atomic E-state index is 13.4. The minimum atomic E-state index is -0.957. The molecule has 0 bridgehead atoms. The third-order valence-electron chi connectivity index (χ3n) is 4.11. The Morgan fingerprint density at radius 2 is 1.52 bits per heavy atom. The molecule has 0 aliphatic rings. The highest BCUT2D eigenvalue weighted by molar-refractivity contribution is 5.96. The van der Waals surface area contributed by atoms with E-state index in [1.807, 2.05) is 42.5 Å². The molecule has 0 amide bonds. The third-order valence-corrected chi connectivity index (χ3v) is 4.11. The van der Waals surface area contributed by atoms with Gasteiger partial charge in [0.25, 0.3) is 0 Å². The Labute approximate surface area is 153 Å². The van der Waals surface area contributed by atoms with Crippen LogP contribution in [0.25, 0.3) is 10.8 Å². The Morgan fingerprint density at radius 3 is 2.33 bits per heavy atom. The van der Waals surface area contributed by atoms with Crippen molar-refractivity contribution in [2.24, 2.45) is 0 Å². The van der Waals surface area contributed by atoms with E-state index in [2.05, 4.69) is 20.6 Å². The minimum Gasteiger partial charge on any atom is -0.393 e. The fourth-order valence-electron chi connectivity index (χ4n) is 2.77. The normalized spacial score (nSPS) is 10.7. The largest absolute Gasteiger partial charge is 0.393 e. The van der Waals surface area contributed by atoms with Crippen molar-refractivity contribution in [3.05, 3.63) is 78.6 Å². The molecule has 1 heterocycles. The van der Waals surface area contributed by atoms with Gasteiger partial charge in [0.1, 0.15) is 12.0 Å². The van der Waals surface area contributed by atoms with Crippen LogP contribution in [0, 0.1) is 11.6 Å². The predicted molar refractivity (Wildman–Crippen MR) is 103 cm³/mol. The maximum atomic E-state index is 13.4. The molecular weight excluding hydrogens is 348 g/mol. The van der Waals surface area contributed by atoms with Crippen molar-refractivity contribution in [2.45, 2.75) is 0 Å². The summed E-state index contributed by atoms with van der Waals surface area (Å²) in [5, 5.41) is 8.19. The van der Waals surface area contributed by atoms with Crippen molar-refractivity contribution in [1.29, 1.82) is 0 Å². The molecular formula is C20H15F2N5. The molecule has 0 saturated carbocycles. The van der Waals surface area contributed by atoms with Gasteiger partial charge in [0.05, 0.1) is 0 Å². The Kier molecular flexibility index (Phi) is 4.25. The van der Waals surface area contributed by atoms with Crippen LogP contribution >= 0.6 is 0 Å². The summed E-state index contributed by atoms with van der Waals surface area (Å²) in [6, 6.07) is 17.3. The zero-order chi connectivity index (χ0) is 18.8. The summed E-state index contributed by atoms with van der Waals surface area (Å²) in [7, 11) is 0.